The average Bonchev–Trinajstić information content (AvgIpc) is 3.67. The molecule has 0 N–H and O–H groups in total. The lowest BCUT2D eigenvalue weighted by atomic mass is 9.97. The van der Waals surface area contributed by atoms with Crippen molar-refractivity contribution < 1.29 is 4.74 Å². The Kier molecular flexibility index (Phi) is 8.46. The molecule has 2 heterocycles. The van der Waals surface area contributed by atoms with E-state index in [2.05, 4.69) is 245 Å². The summed E-state index contributed by atoms with van der Waals surface area (Å²) in [6.45, 7) is 0. The van der Waals surface area contributed by atoms with Crippen LogP contribution in [0.3, 0.4) is 0 Å². The van der Waals surface area contributed by atoms with Gasteiger partial charge < -0.3 is 9.64 Å². The monoisotopic (exact) mass is 793 g/mol. The molecule has 0 saturated carbocycles. The van der Waals surface area contributed by atoms with Crippen LogP contribution in [0.4, 0.5) is 34.3 Å². The lowest BCUT2D eigenvalue weighted by Gasteiger charge is -2.32. The average molecular weight is 794 g/mol. The summed E-state index contributed by atoms with van der Waals surface area (Å²) >= 11 is 0. The van der Waals surface area contributed by atoms with E-state index in [0.29, 0.717) is 0 Å². The minimum Gasteiger partial charge on any atom is -0.451 e. The number of para-hydroxylation sites is 4. The van der Waals surface area contributed by atoms with Crippen molar-refractivity contribution in [1.29, 1.82) is 0 Å². The fourth-order valence-electron chi connectivity index (χ4n) is 9.29. The third-order valence-electron chi connectivity index (χ3n) is 12.2. The molecular formula is C58H39N3O. The number of aromatic nitrogens is 1. The van der Waals surface area contributed by atoms with Crippen molar-refractivity contribution in [3.8, 4) is 39.4 Å². The predicted octanol–water partition coefficient (Wildman–Crippen LogP) is 16.3. The zero-order valence-electron chi connectivity index (χ0n) is 33.8. The maximum atomic E-state index is 6.91. The van der Waals surface area contributed by atoms with Gasteiger partial charge in [-0.2, -0.15) is 0 Å². The van der Waals surface area contributed by atoms with Gasteiger partial charge in [-0.1, -0.05) is 158 Å². The largest absolute Gasteiger partial charge is 0.451 e. The SMILES string of the molecule is c1ccc(N2c3ccccc3Oc3c2n(-c2ccccc2)c2cc(N(c4ccc(-c5cccc6ccccc56)cc4)c4ccc(-c5cccc6ccccc56)cc4)ccc32)cc1. The Labute approximate surface area is 360 Å². The molecule has 4 heteroatoms. The number of hydrogen-bond donors (Lipinski definition) is 0. The summed E-state index contributed by atoms with van der Waals surface area (Å²) < 4.78 is 9.26. The van der Waals surface area contributed by atoms with Gasteiger partial charge in [0.05, 0.1) is 11.2 Å². The number of nitrogens with zero attached hydrogens (tertiary/aromatic N) is 3. The van der Waals surface area contributed by atoms with Crippen LogP contribution in [-0.4, -0.2) is 4.57 Å². The van der Waals surface area contributed by atoms with Crippen LogP contribution in [0.1, 0.15) is 0 Å². The van der Waals surface area contributed by atoms with E-state index in [-0.39, 0.29) is 0 Å². The van der Waals surface area contributed by atoms with Crippen LogP contribution in [0.5, 0.6) is 11.5 Å². The Balaban J connectivity index is 1.06. The molecule has 0 fully saturated rings. The summed E-state index contributed by atoms with van der Waals surface area (Å²) in [6, 6.07) is 84.6. The van der Waals surface area contributed by atoms with Gasteiger partial charge in [0.15, 0.2) is 17.3 Å². The summed E-state index contributed by atoms with van der Waals surface area (Å²) in [7, 11) is 0. The van der Waals surface area contributed by atoms with E-state index in [4.69, 9.17) is 4.74 Å². The molecule has 0 aliphatic carbocycles. The molecule has 12 rings (SSSR count). The van der Waals surface area contributed by atoms with Gasteiger partial charge in [0, 0.05) is 33.8 Å². The minimum atomic E-state index is 0.819. The van der Waals surface area contributed by atoms with Crippen LogP contribution in [0.25, 0.3) is 60.4 Å². The summed E-state index contributed by atoms with van der Waals surface area (Å²) in [5, 5.41) is 5.98. The van der Waals surface area contributed by atoms with Gasteiger partial charge in [-0.15, -0.1) is 0 Å². The smallest absolute Gasteiger partial charge is 0.178 e. The summed E-state index contributed by atoms with van der Waals surface area (Å²) in [5.74, 6) is 2.60. The highest BCUT2D eigenvalue weighted by Gasteiger charge is 2.33. The molecule has 62 heavy (non-hydrogen) atoms. The molecule has 4 nitrogen and oxygen atoms in total. The Hall–Kier alpha value is -8.34. The highest BCUT2D eigenvalue weighted by atomic mass is 16.5. The normalized spacial score (nSPS) is 12.0. The number of anilines is 6. The van der Waals surface area contributed by atoms with E-state index in [9.17, 15) is 0 Å². The third kappa shape index (κ3) is 5.92. The number of ether oxygens (including phenoxy) is 1. The maximum Gasteiger partial charge on any atom is 0.178 e. The molecule has 0 unspecified atom stereocenters. The summed E-state index contributed by atoms with van der Waals surface area (Å²) in [5.41, 5.74) is 12.1. The Morgan fingerprint density at radius 2 is 0.871 bits per heavy atom. The van der Waals surface area contributed by atoms with Crippen LogP contribution in [0, 0.1) is 0 Å². The first-order chi connectivity index (χ1) is 30.8. The fraction of sp³-hybridized carbons (Fsp3) is 0. The van der Waals surface area contributed by atoms with Crippen molar-refractivity contribution in [3.05, 3.63) is 237 Å². The van der Waals surface area contributed by atoms with Crippen LogP contribution in [-0.2, 0) is 0 Å². The van der Waals surface area contributed by atoms with Gasteiger partial charge in [-0.3, -0.25) is 9.47 Å². The number of hydrogen-bond acceptors (Lipinski definition) is 3. The minimum absolute atomic E-state index is 0.819. The first kappa shape index (κ1) is 35.6. The van der Waals surface area contributed by atoms with Gasteiger partial charge in [0.1, 0.15) is 0 Å². The second-order valence-electron chi connectivity index (χ2n) is 15.7. The molecule has 0 saturated heterocycles. The molecule has 0 atom stereocenters. The summed E-state index contributed by atoms with van der Waals surface area (Å²) in [6.07, 6.45) is 0. The molecule has 0 spiro atoms. The number of fused-ring (bicyclic) bond motifs is 6. The van der Waals surface area contributed by atoms with E-state index < -0.39 is 0 Å². The quantitative estimate of drug-likeness (QED) is 0.160. The Morgan fingerprint density at radius 3 is 1.48 bits per heavy atom. The van der Waals surface area contributed by atoms with Crippen LogP contribution in [0.2, 0.25) is 0 Å². The number of rotatable bonds is 7. The maximum absolute atomic E-state index is 6.91. The summed E-state index contributed by atoms with van der Waals surface area (Å²) in [4.78, 5) is 4.70. The van der Waals surface area contributed by atoms with E-state index in [1.807, 2.05) is 6.07 Å². The molecule has 0 amide bonds. The van der Waals surface area contributed by atoms with Crippen molar-refractivity contribution >= 4 is 66.7 Å². The highest BCUT2D eigenvalue weighted by molar-refractivity contribution is 6.03. The first-order valence-corrected chi connectivity index (χ1v) is 21.1. The standard InChI is InChI=1S/C58H39N3O/c1-3-19-44(20-4-1)60-54-27-11-12-28-56(54)62-57-53-38-37-48(39-55(53)61(58(57)60)45-21-5-2-6-22-45)59(46-33-29-42(30-34-46)51-25-13-17-40-15-7-9-23-49(40)51)47-35-31-43(32-36-47)52-26-14-18-41-16-8-10-24-50(41)52/h1-39H. The second kappa shape index (κ2) is 14.7. The van der Waals surface area contributed by atoms with Gasteiger partial charge in [0.2, 0.25) is 0 Å². The molecule has 0 radical (unpaired) electrons. The topological polar surface area (TPSA) is 20.6 Å². The Bertz CT molecular complexity index is 3300. The first-order valence-electron chi connectivity index (χ1n) is 21.1. The molecule has 1 aliphatic heterocycles. The molecule has 0 bridgehead atoms. The molecule has 1 aliphatic rings. The van der Waals surface area contributed by atoms with E-state index in [1.165, 1.54) is 43.8 Å². The second-order valence-corrected chi connectivity index (χ2v) is 15.7. The predicted molar refractivity (Wildman–Crippen MR) is 259 cm³/mol. The van der Waals surface area contributed by atoms with Crippen molar-refractivity contribution in [2.75, 3.05) is 9.80 Å². The van der Waals surface area contributed by atoms with Crippen LogP contribution < -0.4 is 14.5 Å². The lowest BCUT2D eigenvalue weighted by molar-refractivity contribution is 0.481. The zero-order chi connectivity index (χ0) is 41.0. The van der Waals surface area contributed by atoms with Gasteiger partial charge in [0.25, 0.3) is 0 Å². The molecule has 292 valence electrons. The van der Waals surface area contributed by atoms with Crippen molar-refractivity contribution in [3.63, 3.8) is 0 Å². The molecule has 11 aromatic rings. The van der Waals surface area contributed by atoms with Crippen molar-refractivity contribution in [1.82, 2.24) is 4.57 Å². The van der Waals surface area contributed by atoms with Gasteiger partial charge in [-0.25, -0.2) is 0 Å². The number of benzene rings is 10. The van der Waals surface area contributed by atoms with Crippen LogP contribution >= 0.6 is 0 Å². The molecule has 10 aromatic carbocycles. The van der Waals surface area contributed by atoms with Crippen molar-refractivity contribution in [2.45, 2.75) is 0 Å². The van der Waals surface area contributed by atoms with E-state index in [1.54, 1.807) is 0 Å². The van der Waals surface area contributed by atoms with Gasteiger partial charge >= 0.3 is 0 Å². The molecular weight excluding hydrogens is 755 g/mol. The zero-order valence-corrected chi connectivity index (χ0v) is 33.8. The highest BCUT2D eigenvalue weighted by Crippen LogP contribution is 2.56. The lowest BCUT2D eigenvalue weighted by Crippen LogP contribution is -2.18. The van der Waals surface area contributed by atoms with E-state index >= 15 is 0 Å². The molecule has 1 aromatic heterocycles. The third-order valence-corrected chi connectivity index (χ3v) is 12.2. The Morgan fingerprint density at radius 1 is 0.371 bits per heavy atom. The van der Waals surface area contributed by atoms with E-state index in [0.717, 1.165) is 62.3 Å². The fourth-order valence-corrected chi connectivity index (χ4v) is 9.29. The van der Waals surface area contributed by atoms with Gasteiger partial charge in [-0.05, 0) is 123 Å². The van der Waals surface area contributed by atoms with Crippen molar-refractivity contribution in [2.24, 2.45) is 0 Å². The van der Waals surface area contributed by atoms with Crippen LogP contribution in [0.15, 0.2) is 237 Å².